The van der Waals surface area contributed by atoms with Gasteiger partial charge in [-0.2, -0.15) is 5.26 Å². The van der Waals surface area contributed by atoms with Crippen molar-refractivity contribution in [1.29, 1.82) is 5.26 Å². The zero-order valence-corrected chi connectivity index (χ0v) is 19.2. The van der Waals surface area contributed by atoms with E-state index in [0.29, 0.717) is 10.8 Å². The van der Waals surface area contributed by atoms with Gasteiger partial charge in [-0.05, 0) is 45.1 Å². The molecular formula is C32H13N5. The molecule has 0 unspecified atom stereocenters. The topological polar surface area (TPSA) is 41.3 Å². The van der Waals surface area contributed by atoms with Gasteiger partial charge < -0.3 is 4.40 Å². The van der Waals surface area contributed by atoms with Crippen LogP contribution in [0.1, 0.15) is 5.56 Å². The van der Waals surface area contributed by atoms with Crippen LogP contribution in [-0.2, 0) is 0 Å². The van der Waals surface area contributed by atoms with Crippen LogP contribution in [0.5, 0.6) is 0 Å². The number of hydrogen-bond acceptors (Lipinski definition) is 1. The van der Waals surface area contributed by atoms with Gasteiger partial charge in [0.2, 0.25) is 11.4 Å². The molecule has 0 spiro atoms. The van der Waals surface area contributed by atoms with Crippen molar-refractivity contribution in [3.05, 3.63) is 119 Å². The largest absolute Gasteiger partial charge is 0.309 e. The first-order valence-corrected chi connectivity index (χ1v) is 11.5. The molecule has 0 fully saturated rings. The van der Waals surface area contributed by atoms with Gasteiger partial charge in [0.1, 0.15) is 0 Å². The van der Waals surface area contributed by atoms with E-state index in [0.717, 1.165) is 48.9 Å². The Labute approximate surface area is 211 Å². The fraction of sp³-hybridized carbons (Fsp3) is 0. The zero-order chi connectivity index (χ0) is 25.3. The molecule has 0 radical (unpaired) electrons. The molecule has 0 N–H and O–H groups in total. The summed E-state index contributed by atoms with van der Waals surface area (Å²) in [6.07, 6.45) is 0. The predicted octanol–water partition coefficient (Wildman–Crippen LogP) is 9.23. The summed E-state index contributed by atoms with van der Waals surface area (Å²) < 4.78 is 2.21. The Kier molecular flexibility index (Phi) is 4.05. The second-order valence-electron chi connectivity index (χ2n) is 8.92. The standard InChI is InChI=1S/C32H13N5/c1-34-30-24-15-23-21-13-12-18-8-4-6-10-20(18)29(21)28-14-19-9-5-7-11-26(19)37(28)27(23)16-22(24)25(17-33)31(35-2)32(30)36-3/h4-16H. The maximum absolute atomic E-state index is 10.1. The third kappa shape index (κ3) is 2.53. The lowest BCUT2D eigenvalue weighted by Crippen LogP contribution is -1.93. The molecule has 5 heteroatoms. The van der Waals surface area contributed by atoms with Crippen molar-refractivity contribution in [2.45, 2.75) is 0 Å². The van der Waals surface area contributed by atoms with Crippen LogP contribution < -0.4 is 0 Å². The Morgan fingerprint density at radius 1 is 0.568 bits per heavy atom. The van der Waals surface area contributed by atoms with Gasteiger partial charge in [-0.3, -0.25) is 14.5 Å². The van der Waals surface area contributed by atoms with Gasteiger partial charge in [-0.25, -0.2) is 0 Å². The van der Waals surface area contributed by atoms with E-state index in [-0.39, 0.29) is 22.6 Å². The fourth-order valence-electron chi connectivity index (χ4n) is 5.69. The minimum atomic E-state index is -0.0596. The molecule has 0 amide bonds. The maximum Gasteiger partial charge on any atom is 0.202 e. The van der Waals surface area contributed by atoms with Gasteiger partial charge in [-0.15, -0.1) is 0 Å². The maximum atomic E-state index is 10.1. The fourth-order valence-corrected chi connectivity index (χ4v) is 5.69. The van der Waals surface area contributed by atoms with E-state index in [1.807, 2.05) is 36.4 Å². The third-order valence-corrected chi connectivity index (χ3v) is 7.22. The molecule has 2 aromatic heterocycles. The van der Waals surface area contributed by atoms with E-state index >= 15 is 0 Å². The van der Waals surface area contributed by atoms with Crippen LogP contribution >= 0.6 is 0 Å². The Hall–Kier alpha value is -5.88. The van der Waals surface area contributed by atoms with Crippen molar-refractivity contribution in [2.24, 2.45) is 0 Å². The summed E-state index contributed by atoms with van der Waals surface area (Å²) in [6, 6.07) is 28.9. The molecule has 0 atom stereocenters. The second kappa shape index (κ2) is 7.31. The van der Waals surface area contributed by atoms with E-state index in [9.17, 15) is 5.26 Å². The van der Waals surface area contributed by atoms with Gasteiger partial charge >= 0.3 is 0 Å². The lowest BCUT2D eigenvalue weighted by molar-refractivity contribution is 1.35. The van der Waals surface area contributed by atoms with E-state index in [2.05, 4.69) is 67.5 Å². The zero-order valence-electron chi connectivity index (χ0n) is 19.2. The first-order chi connectivity index (χ1) is 18.2. The molecule has 0 aliphatic rings. The first-order valence-electron chi connectivity index (χ1n) is 11.5. The Balaban J connectivity index is 1.87. The summed E-state index contributed by atoms with van der Waals surface area (Å²) in [5.41, 5.74) is 3.09. The van der Waals surface area contributed by atoms with E-state index < -0.39 is 0 Å². The molecule has 166 valence electrons. The first kappa shape index (κ1) is 20.5. The molecular weight excluding hydrogens is 454 g/mol. The van der Waals surface area contributed by atoms with Crippen LogP contribution in [0.15, 0.2) is 78.9 Å². The van der Waals surface area contributed by atoms with Crippen molar-refractivity contribution in [1.82, 2.24) is 4.40 Å². The number of benzene rings is 5. The number of fused-ring (bicyclic) bond motifs is 11. The van der Waals surface area contributed by atoms with Crippen molar-refractivity contribution < 1.29 is 0 Å². The van der Waals surface area contributed by atoms with E-state index in [4.69, 9.17) is 19.7 Å². The van der Waals surface area contributed by atoms with Gasteiger partial charge in [0.15, 0.2) is 5.69 Å². The summed E-state index contributed by atoms with van der Waals surface area (Å²) in [5, 5.41) is 17.5. The highest BCUT2D eigenvalue weighted by molar-refractivity contribution is 6.27. The molecule has 5 aromatic carbocycles. The Morgan fingerprint density at radius 2 is 1.30 bits per heavy atom. The normalized spacial score (nSPS) is 11.1. The third-order valence-electron chi connectivity index (χ3n) is 7.22. The Bertz CT molecular complexity index is 2350. The van der Waals surface area contributed by atoms with Gasteiger partial charge in [0.05, 0.1) is 47.9 Å². The summed E-state index contributed by atoms with van der Waals surface area (Å²) in [7, 11) is 0. The van der Waals surface area contributed by atoms with E-state index in [1.165, 1.54) is 0 Å². The number of rotatable bonds is 0. The predicted molar refractivity (Wildman–Crippen MR) is 148 cm³/mol. The minimum Gasteiger partial charge on any atom is -0.309 e. The highest BCUT2D eigenvalue weighted by Gasteiger charge is 2.22. The molecule has 37 heavy (non-hydrogen) atoms. The summed E-state index contributed by atoms with van der Waals surface area (Å²) >= 11 is 0. The summed E-state index contributed by atoms with van der Waals surface area (Å²) in [5.74, 6) is 0. The van der Waals surface area contributed by atoms with Crippen molar-refractivity contribution in [2.75, 3.05) is 0 Å². The Morgan fingerprint density at radius 3 is 2.05 bits per heavy atom. The van der Waals surface area contributed by atoms with Crippen LogP contribution in [0.3, 0.4) is 0 Å². The lowest BCUT2D eigenvalue weighted by Gasteiger charge is -2.16. The molecule has 0 saturated heterocycles. The van der Waals surface area contributed by atoms with Gasteiger partial charge in [-0.1, -0.05) is 60.7 Å². The van der Waals surface area contributed by atoms with Gasteiger partial charge in [0, 0.05) is 16.2 Å². The number of aromatic nitrogens is 1. The van der Waals surface area contributed by atoms with Crippen molar-refractivity contribution in [3.63, 3.8) is 0 Å². The molecule has 2 heterocycles. The van der Waals surface area contributed by atoms with Gasteiger partial charge in [0.25, 0.3) is 0 Å². The quantitative estimate of drug-likeness (QED) is 0.124. The number of hydrogen-bond donors (Lipinski definition) is 0. The van der Waals surface area contributed by atoms with E-state index in [1.54, 1.807) is 0 Å². The monoisotopic (exact) mass is 467 g/mol. The molecule has 5 nitrogen and oxygen atoms in total. The number of nitrogens with zero attached hydrogens (tertiary/aromatic N) is 5. The highest BCUT2D eigenvalue weighted by Crippen LogP contribution is 2.49. The highest BCUT2D eigenvalue weighted by atomic mass is 14.9. The average Bonchev–Trinajstić information content (AvgIpc) is 3.34. The number of pyridine rings is 1. The van der Waals surface area contributed by atoms with Crippen LogP contribution in [0.4, 0.5) is 17.1 Å². The SMILES string of the molecule is [C-]#[N+]c1c([N+]#[C-])c([N+]#[C-])c2cc3c4ccc5ccccc5c4c4cc5ccccc5n4c3cc2c1C#N. The molecule has 0 aliphatic carbocycles. The van der Waals surface area contributed by atoms with Crippen LogP contribution in [0.2, 0.25) is 0 Å². The molecule has 0 saturated carbocycles. The molecule has 7 aromatic rings. The summed E-state index contributed by atoms with van der Waals surface area (Å²) in [6.45, 7) is 23.2. The number of nitriles is 1. The summed E-state index contributed by atoms with van der Waals surface area (Å²) in [4.78, 5) is 10.7. The van der Waals surface area contributed by atoms with Crippen molar-refractivity contribution in [3.8, 4) is 6.07 Å². The molecule has 7 rings (SSSR count). The minimum absolute atomic E-state index is 0.0595. The smallest absolute Gasteiger partial charge is 0.202 e. The molecule has 0 aliphatic heterocycles. The lowest BCUT2D eigenvalue weighted by atomic mass is 9.94. The van der Waals surface area contributed by atoms with Crippen LogP contribution in [-0.4, -0.2) is 4.40 Å². The van der Waals surface area contributed by atoms with Crippen molar-refractivity contribution >= 4 is 76.7 Å². The number of para-hydroxylation sites is 1. The van der Waals surface area contributed by atoms with Crippen LogP contribution in [0.25, 0.3) is 74.2 Å². The average molecular weight is 467 g/mol. The molecule has 0 bridgehead atoms. The van der Waals surface area contributed by atoms with Crippen LogP contribution in [0, 0.1) is 31.0 Å². The second-order valence-corrected chi connectivity index (χ2v) is 8.92.